The minimum Gasteiger partial charge on any atom is -0.505 e. The molecular formula is C29H19ClFN7Na4O13S4. The molecule has 290 valence electrons. The maximum atomic E-state index is 14.6. The molecule has 0 aliphatic heterocycles. The number of aromatic nitrogens is 3. The SMILES string of the molecule is O=S(=O)(O)c1cc(Nc2nc(F)nc(Nc3ccc(Cl)cc3)n2)c2c(O)c(N=Nc3ccc4c(S(=O)(=O)O)cccc4c3S(=O)(=O)O)c(S(=O)(=O)O)cc2c1.[Na].[Na].[Na].[Na]. The standard InChI is InChI=1S/C29H19ClFN7O13S4.4Na/c30-14-4-6-15(7-5-14)32-28-34-27(31)35-29(36-28)33-20-12-16(52(40,41)42)10-13-11-22(54(46,47)48)24(25(39)23(13)20)38-37-19-9-8-17-18(26(19)55(49,50)51)2-1-3-21(17)53(43,44)45;;;;/h1-12,39H,(H,40,41,42)(H,43,44,45)(H,46,47,48)(H,49,50,51)(H2,32,33,34,35,36);;;;. The van der Waals surface area contributed by atoms with Crippen LogP contribution in [-0.2, 0) is 40.5 Å². The van der Waals surface area contributed by atoms with E-state index >= 15 is 0 Å². The smallest absolute Gasteiger partial charge is 0.315 e. The first-order valence-electron chi connectivity index (χ1n) is 14.4. The van der Waals surface area contributed by atoms with Crippen LogP contribution < -0.4 is 10.6 Å². The van der Waals surface area contributed by atoms with Crippen molar-refractivity contribution in [1.29, 1.82) is 0 Å². The van der Waals surface area contributed by atoms with Gasteiger partial charge in [-0.3, -0.25) is 18.2 Å². The van der Waals surface area contributed by atoms with Crippen LogP contribution in [-0.4, -0.2) is 190 Å². The fourth-order valence-corrected chi connectivity index (χ4v) is 8.08. The molecule has 5 aromatic carbocycles. The molecule has 1 aromatic heterocycles. The summed E-state index contributed by atoms with van der Waals surface area (Å²) in [6, 6.07) is 12.7. The molecule has 0 saturated carbocycles. The number of nitrogens with zero attached hydrogens (tertiary/aromatic N) is 5. The maximum Gasteiger partial charge on any atom is 0.315 e. The van der Waals surface area contributed by atoms with Crippen LogP contribution in [0.4, 0.5) is 39.0 Å². The number of rotatable bonds is 10. The van der Waals surface area contributed by atoms with Crippen LogP contribution in [0.1, 0.15) is 0 Å². The molecule has 0 fully saturated rings. The molecule has 6 rings (SSSR count). The van der Waals surface area contributed by atoms with E-state index < -0.39 is 122 Å². The summed E-state index contributed by atoms with van der Waals surface area (Å²) in [5.74, 6) is -2.23. The van der Waals surface area contributed by atoms with Gasteiger partial charge in [-0.2, -0.15) is 53.0 Å². The van der Waals surface area contributed by atoms with Gasteiger partial charge in [-0.25, -0.2) is 0 Å². The van der Waals surface area contributed by atoms with Crippen molar-refractivity contribution in [2.24, 2.45) is 10.2 Å². The van der Waals surface area contributed by atoms with E-state index in [1.807, 2.05) is 0 Å². The van der Waals surface area contributed by atoms with Crippen molar-refractivity contribution in [3.8, 4) is 5.75 Å². The third-order valence-electron chi connectivity index (χ3n) is 7.40. The predicted octanol–water partition coefficient (Wildman–Crippen LogP) is 4.04. The number of fused-ring (bicyclic) bond motifs is 2. The molecule has 6 aromatic rings. The van der Waals surface area contributed by atoms with Gasteiger partial charge in [0.15, 0.2) is 5.75 Å². The number of aromatic hydroxyl groups is 1. The van der Waals surface area contributed by atoms with Gasteiger partial charge in [0.25, 0.3) is 40.5 Å². The number of hydrogen-bond donors (Lipinski definition) is 7. The molecule has 7 N–H and O–H groups in total. The van der Waals surface area contributed by atoms with Gasteiger partial charge >= 0.3 is 6.08 Å². The van der Waals surface area contributed by atoms with Gasteiger partial charge in [0, 0.05) is 145 Å². The number of phenolic OH excluding ortho intramolecular Hbond substituents is 1. The van der Waals surface area contributed by atoms with E-state index in [-0.39, 0.29) is 118 Å². The zero-order valence-corrected chi connectivity index (χ0v) is 42.6. The second kappa shape index (κ2) is 20.3. The van der Waals surface area contributed by atoms with E-state index in [0.717, 1.165) is 30.3 Å². The number of azo groups is 1. The largest absolute Gasteiger partial charge is 0.505 e. The monoisotopic (exact) mass is 947 g/mol. The molecule has 0 aliphatic rings. The second-order valence-electron chi connectivity index (χ2n) is 11.0. The summed E-state index contributed by atoms with van der Waals surface area (Å²) in [5.41, 5.74) is -2.10. The third-order valence-corrected chi connectivity index (χ3v) is 11.2. The molecule has 1 heterocycles. The van der Waals surface area contributed by atoms with Crippen molar-refractivity contribution in [2.75, 3.05) is 10.6 Å². The van der Waals surface area contributed by atoms with E-state index in [9.17, 15) is 61.4 Å². The molecule has 0 atom stereocenters. The number of benzene rings is 5. The molecule has 4 radical (unpaired) electrons. The zero-order chi connectivity index (χ0) is 40.2. The summed E-state index contributed by atoms with van der Waals surface area (Å²) in [7, 11) is -20.8. The summed E-state index contributed by atoms with van der Waals surface area (Å²) >= 11 is 5.88. The van der Waals surface area contributed by atoms with Gasteiger partial charge in [-0.15, -0.1) is 10.2 Å². The third kappa shape index (κ3) is 12.4. The van der Waals surface area contributed by atoms with E-state index in [0.29, 0.717) is 28.9 Å². The van der Waals surface area contributed by atoms with Crippen molar-refractivity contribution in [2.45, 2.75) is 19.6 Å². The molecule has 0 saturated heterocycles. The fourth-order valence-electron chi connectivity index (χ4n) is 5.21. The number of anilines is 4. The Morgan fingerprint density at radius 2 is 1.22 bits per heavy atom. The molecule has 0 unspecified atom stereocenters. The number of nitrogens with one attached hydrogen (secondary N) is 2. The summed E-state index contributed by atoms with van der Waals surface area (Å²) in [6.07, 6.45) is -1.37. The zero-order valence-electron chi connectivity index (χ0n) is 30.6. The van der Waals surface area contributed by atoms with Crippen LogP contribution in [0.2, 0.25) is 5.02 Å². The summed E-state index contributed by atoms with van der Waals surface area (Å²) in [6.45, 7) is 0. The summed E-state index contributed by atoms with van der Waals surface area (Å²) < 4.78 is 153. The molecule has 0 bridgehead atoms. The minimum atomic E-state index is -5.42. The molecule has 30 heteroatoms. The van der Waals surface area contributed by atoms with E-state index in [2.05, 4.69) is 35.8 Å². The summed E-state index contributed by atoms with van der Waals surface area (Å²) in [5, 5.41) is 22.3. The van der Waals surface area contributed by atoms with E-state index in [1.165, 1.54) is 24.3 Å². The first kappa shape index (κ1) is 53.6. The molecule has 0 aliphatic carbocycles. The summed E-state index contributed by atoms with van der Waals surface area (Å²) in [4.78, 5) is 6.99. The Kier molecular flexibility index (Phi) is 18.5. The van der Waals surface area contributed by atoms with Gasteiger partial charge < -0.3 is 15.7 Å². The Morgan fingerprint density at radius 3 is 1.78 bits per heavy atom. The van der Waals surface area contributed by atoms with Gasteiger partial charge in [0.2, 0.25) is 11.9 Å². The van der Waals surface area contributed by atoms with Crippen molar-refractivity contribution in [1.82, 2.24) is 15.0 Å². The van der Waals surface area contributed by atoms with Gasteiger partial charge in [-0.1, -0.05) is 29.8 Å². The van der Waals surface area contributed by atoms with Gasteiger partial charge in [-0.05, 0) is 60.0 Å². The average Bonchev–Trinajstić information content (AvgIpc) is 3.06. The first-order valence-corrected chi connectivity index (χ1v) is 20.6. The van der Waals surface area contributed by atoms with E-state index in [4.69, 9.17) is 11.6 Å². The first-order chi connectivity index (χ1) is 25.5. The predicted molar refractivity (Wildman–Crippen MR) is 214 cm³/mol. The topological polar surface area (TPSA) is 325 Å². The fraction of sp³-hybridized carbons (Fsp3) is 0. The van der Waals surface area contributed by atoms with Crippen LogP contribution in [0.3, 0.4) is 0 Å². The van der Waals surface area contributed by atoms with Crippen LogP contribution in [0.15, 0.2) is 103 Å². The van der Waals surface area contributed by atoms with Crippen molar-refractivity contribution in [3.05, 3.63) is 83.9 Å². The molecular weight excluding hydrogens is 929 g/mol. The molecule has 0 amide bonds. The average molecular weight is 948 g/mol. The molecule has 0 spiro atoms. The molecule has 20 nitrogen and oxygen atoms in total. The Hall–Kier alpha value is -1.51. The molecule has 59 heavy (non-hydrogen) atoms. The normalized spacial score (nSPS) is 11.9. The number of hydrogen-bond acceptors (Lipinski definition) is 16. The Labute approximate surface area is 427 Å². The van der Waals surface area contributed by atoms with Crippen LogP contribution in [0.5, 0.6) is 5.75 Å². The minimum absolute atomic E-state index is 0. The quantitative estimate of drug-likeness (QED) is 0.0579. The number of phenols is 1. The van der Waals surface area contributed by atoms with Crippen LogP contribution in [0.25, 0.3) is 21.5 Å². The second-order valence-corrected chi connectivity index (χ2v) is 17.0. The number of halogens is 2. The Morgan fingerprint density at radius 1 is 0.627 bits per heavy atom. The van der Waals surface area contributed by atoms with Crippen LogP contribution in [0, 0.1) is 6.08 Å². The van der Waals surface area contributed by atoms with Crippen molar-refractivity contribution < 1.29 is 61.4 Å². The van der Waals surface area contributed by atoms with Gasteiger partial charge in [0.05, 0.1) is 10.6 Å². The Balaban J connectivity index is 0.00000300. The van der Waals surface area contributed by atoms with E-state index in [1.54, 1.807) is 0 Å². The van der Waals surface area contributed by atoms with Gasteiger partial charge in [0.1, 0.15) is 26.1 Å². The van der Waals surface area contributed by atoms with Crippen molar-refractivity contribution >= 4 is 226 Å². The Bertz CT molecular complexity index is 3100. The maximum absolute atomic E-state index is 14.6. The van der Waals surface area contributed by atoms with Crippen molar-refractivity contribution in [3.63, 3.8) is 0 Å². The van der Waals surface area contributed by atoms with Crippen LogP contribution >= 0.6 is 11.6 Å².